The van der Waals surface area contributed by atoms with Crippen LogP contribution in [-0.2, 0) is 0 Å². The van der Waals surface area contributed by atoms with E-state index in [9.17, 15) is 0 Å². The van der Waals surface area contributed by atoms with Crippen molar-refractivity contribution in [3.63, 3.8) is 0 Å². The fraction of sp³-hybridized carbons (Fsp3) is 0.600. The fourth-order valence-electron chi connectivity index (χ4n) is 1.84. The topological polar surface area (TPSA) is 32.3 Å². The highest BCUT2D eigenvalue weighted by atomic mass is 16.3. The van der Waals surface area contributed by atoms with Crippen LogP contribution in [0.15, 0.2) is 30.3 Å². The number of nitrogens with one attached hydrogen (secondary N) is 1. The highest BCUT2D eigenvalue weighted by molar-refractivity contribution is 5.18. The van der Waals surface area contributed by atoms with Crippen LogP contribution in [0.25, 0.3) is 0 Å². The second-order valence-corrected chi connectivity index (χ2v) is 5.00. The molecular weight excluding hydrogens is 210 g/mol. The van der Waals surface area contributed by atoms with E-state index in [2.05, 4.69) is 56.4 Å². The Morgan fingerprint density at radius 3 is 2.35 bits per heavy atom. The molecule has 96 valence electrons. The molecule has 0 aliphatic carbocycles. The summed E-state index contributed by atoms with van der Waals surface area (Å²) in [5, 5.41) is 12.5. The lowest BCUT2D eigenvalue weighted by atomic mass is 9.97. The van der Waals surface area contributed by atoms with Crippen LogP contribution in [0.2, 0.25) is 0 Å². The molecule has 2 N–H and O–H groups in total. The van der Waals surface area contributed by atoms with Gasteiger partial charge in [0.05, 0.1) is 0 Å². The number of rotatable bonds is 7. The van der Waals surface area contributed by atoms with Gasteiger partial charge in [0.1, 0.15) is 0 Å². The minimum absolute atomic E-state index is 0.252. The van der Waals surface area contributed by atoms with Crippen molar-refractivity contribution in [2.45, 2.75) is 39.2 Å². The molecule has 1 aromatic rings. The molecule has 0 amide bonds. The molecular formula is C15H25NO. The first-order valence-corrected chi connectivity index (χ1v) is 6.54. The van der Waals surface area contributed by atoms with Crippen molar-refractivity contribution in [2.24, 2.45) is 5.92 Å². The normalized spacial score (nSPS) is 16.5. The van der Waals surface area contributed by atoms with Crippen molar-refractivity contribution in [2.75, 3.05) is 13.2 Å². The van der Waals surface area contributed by atoms with Crippen molar-refractivity contribution in [1.82, 2.24) is 5.32 Å². The highest BCUT2D eigenvalue weighted by Gasteiger charge is 2.11. The third-order valence-corrected chi connectivity index (χ3v) is 3.55. The third kappa shape index (κ3) is 4.88. The first-order chi connectivity index (χ1) is 8.15. The quantitative estimate of drug-likeness (QED) is 0.761. The van der Waals surface area contributed by atoms with Crippen LogP contribution in [0.1, 0.15) is 38.7 Å². The molecule has 17 heavy (non-hydrogen) atoms. The minimum Gasteiger partial charge on any atom is -0.396 e. The first-order valence-electron chi connectivity index (χ1n) is 6.54. The molecule has 2 heteroatoms. The van der Waals surface area contributed by atoms with Crippen molar-refractivity contribution in [1.29, 1.82) is 0 Å². The number of aliphatic hydroxyl groups is 1. The standard InChI is InChI=1S/C15H25NO/c1-12(15-7-5-4-6-8-15)9-10-16-14(3)13(2)11-17/h4-8,12-14,16-17H,9-11H2,1-3H3. The molecule has 0 spiro atoms. The van der Waals surface area contributed by atoms with E-state index in [1.54, 1.807) is 0 Å². The summed E-state index contributed by atoms with van der Waals surface area (Å²) in [4.78, 5) is 0. The van der Waals surface area contributed by atoms with E-state index in [4.69, 9.17) is 5.11 Å². The maximum absolute atomic E-state index is 9.05. The molecule has 0 fully saturated rings. The Hall–Kier alpha value is -0.860. The molecule has 1 aromatic carbocycles. The molecule has 0 bridgehead atoms. The first kappa shape index (κ1) is 14.2. The Bertz CT molecular complexity index is 299. The number of benzene rings is 1. The Balaban J connectivity index is 2.27. The lowest BCUT2D eigenvalue weighted by Crippen LogP contribution is -2.34. The van der Waals surface area contributed by atoms with Crippen LogP contribution < -0.4 is 5.32 Å². The number of aliphatic hydroxyl groups excluding tert-OH is 1. The molecule has 2 nitrogen and oxygen atoms in total. The van der Waals surface area contributed by atoms with Gasteiger partial charge in [-0.1, -0.05) is 44.2 Å². The monoisotopic (exact) mass is 235 g/mol. The minimum atomic E-state index is 0.252. The van der Waals surface area contributed by atoms with E-state index in [0.717, 1.165) is 13.0 Å². The molecule has 0 aromatic heterocycles. The van der Waals surface area contributed by atoms with Gasteiger partial charge in [-0.05, 0) is 37.3 Å². The summed E-state index contributed by atoms with van der Waals surface area (Å²) < 4.78 is 0. The van der Waals surface area contributed by atoms with E-state index < -0.39 is 0 Å². The van der Waals surface area contributed by atoms with E-state index in [1.807, 2.05) is 0 Å². The van der Waals surface area contributed by atoms with Gasteiger partial charge in [-0.3, -0.25) is 0 Å². The van der Waals surface area contributed by atoms with Gasteiger partial charge in [0, 0.05) is 12.6 Å². The van der Waals surface area contributed by atoms with Crippen molar-refractivity contribution < 1.29 is 5.11 Å². The summed E-state index contributed by atoms with van der Waals surface area (Å²) >= 11 is 0. The van der Waals surface area contributed by atoms with Gasteiger partial charge < -0.3 is 10.4 Å². The zero-order chi connectivity index (χ0) is 12.7. The van der Waals surface area contributed by atoms with Gasteiger partial charge >= 0.3 is 0 Å². The average molecular weight is 235 g/mol. The summed E-state index contributed by atoms with van der Waals surface area (Å²) in [7, 11) is 0. The second-order valence-electron chi connectivity index (χ2n) is 5.00. The predicted octanol–water partition coefficient (Wildman–Crippen LogP) is 2.79. The van der Waals surface area contributed by atoms with Crippen LogP contribution in [0.4, 0.5) is 0 Å². The van der Waals surface area contributed by atoms with Crippen LogP contribution in [0, 0.1) is 5.92 Å². The SMILES string of the molecule is CC(CCNC(C)C(C)CO)c1ccccc1. The van der Waals surface area contributed by atoms with Gasteiger partial charge in [0.25, 0.3) is 0 Å². The maximum atomic E-state index is 9.05. The average Bonchev–Trinajstić information content (AvgIpc) is 2.38. The number of hydrogen-bond acceptors (Lipinski definition) is 2. The van der Waals surface area contributed by atoms with Gasteiger partial charge in [0.15, 0.2) is 0 Å². The predicted molar refractivity (Wildman–Crippen MR) is 73.2 cm³/mol. The molecule has 0 saturated heterocycles. The molecule has 0 saturated carbocycles. The Morgan fingerprint density at radius 2 is 1.76 bits per heavy atom. The highest BCUT2D eigenvalue weighted by Crippen LogP contribution is 2.17. The van der Waals surface area contributed by atoms with Crippen LogP contribution in [-0.4, -0.2) is 24.3 Å². The summed E-state index contributed by atoms with van der Waals surface area (Å²) in [6, 6.07) is 11.0. The molecule has 1 rings (SSSR count). The zero-order valence-electron chi connectivity index (χ0n) is 11.2. The van der Waals surface area contributed by atoms with Gasteiger partial charge in [-0.25, -0.2) is 0 Å². The van der Waals surface area contributed by atoms with E-state index in [0.29, 0.717) is 17.9 Å². The Labute approximate surface area is 105 Å². The van der Waals surface area contributed by atoms with Crippen LogP contribution in [0.5, 0.6) is 0 Å². The lowest BCUT2D eigenvalue weighted by molar-refractivity contribution is 0.207. The van der Waals surface area contributed by atoms with Crippen molar-refractivity contribution >= 4 is 0 Å². The maximum Gasteiger partial charge on any atom is 0.0471 e. The summed E-state index contributed by atoms with van der Waals surface area (Å²) in [6.07, 6.45) is 1.13. The third-order valence-electron chi connectivity index (χ3n) is 3.55. The Kier molecular flexibility index (Phi) is 6.23. The fourth-order valence-corrected chi connectivity index (χ4v) is 1.84. The molecule has 0 radical (unpaired) electrons. The molecule has 3 unspecified atom stereocenters. The van der Waals surface area contributed by atoms with Gasteiger partial charge in [0.2, 0.25) is 0 Å². The summed E-state index contributed by atoms with van der Waals surface area (Å²) in [5.41, 5.74) is 1.40. The number of hydrogen-bond donors (Lipinski definition) is 2. The van der Waals surface area contributed by atoms with Crippen LogP contribution in [0.3, 0.4) is 0 Å². The van der Waals surface area contributed by atoms with Crippen molar-refractivity contribution in [3.8, 4) is 0 Å². The van der Waals surface area contributed by atoms with Crippen LogP contribution >= 0.6 is 0 Å². The van der Waals surface area contributed by atoms with Gasteiger partial charge in [-0.15, -0.1) is 0 Å². The summed E-state index contributed by atoms with van der Waals surface area (Å²) in [6.45, 7) is 7.72. The smallest absolute Gasteiger partial charge is 0.0471 e. The zero-order valence-corrected chi connectivity index (χ0v) is 11.2. The van der Waals surface area contributed by atoms with E-state index in [1.165, 1.54) is 5.56 Å². The second kappa shape index (κ2) is 7.46. The molecule has 0 heterocycles. The summed E-state index contributed by atoms with van der Waals surface area (Å²) in [5.74, 6) is 0.905. The largest absolute Gasteiger partial charge is 0.396 e. The Morgan fingerprint density at radius 1 is 1.12 bits per heavy atom. The molecule has 0 aliphatic rings. The molecule has 0 aliphatic heterocycles. The molecule has 3 atom stereocenters. The van der Waals surface area contributed by atoms with Crippen molar-refractivity contribution in [3.05, 3.63) is 35.9 Å². The lowest BCUT2D eigenvalue weighted by Gasteiger charge is -2.20. The van der Waals surface area contributed by atoms with E-state index in [-0.39, 0.29) is 6.61 Å². The van der Waals surface area contributed by atoms with E-state index >= 15 is 0 Å². The van der Waals surface area contributed by atoms with Gasteiger partial charge in [-0.2, -0.15) is 0 Å².